The van der Waals surface area contributed by atoms with Gasteiger partial charge in [-0.3, -0.25) is 4.79 Å². The average Bonchev–Trinajstić information content (AvgIpc) is 2.57. The fraction of sp³-hybridized carbons (Fsp3) is 0.857. The smallest absolute Gasteiger partial charge is 0.310 e. The third kappa shape index (κ3) is 13.4. The summed E-state index contributed by atoms with van der Waals surface area (Å²) >= 11 is 0. The van der Waals surface area contributed by atoms with Gasteiger partial charge in [-0.25, -0.2) is 0 Å². The first kappa shape index (κ1) is 23.0. The molecule has 0 aromatic rings. The van der Waals surface area contributed by atoms with Crippen LogP contribution in [0, 0.1) is 18.3 Å². The van der Waals surface area contributed by atoms with Crippen molar-refractivity contribution >= 4 is 5.97 Å². The lowest BCUT2D eigenvalue weighted by Gasteiger charge is -2.14. The van der Waals surface area contributed by atoms with Gasteiger partial charge in [-0.15, -0.1) is 6.42 Å². The van der Waals surface area contributed by atoms with Crippen molar-refractivity contribution in [1.29, 1.82) is 0 Å². The molecule has 0 aromatic carbocycles. The van der Waals surface area contributed by atoms with Crippen molar-refractivity contribution in [3.8, 4) is 12.3 Å². The summed E-state index contributed by atoms with van der Waals surface area (Å²) in [5.41, 5.74) is 0. The van der Waals surface area contributed by atoms with Gasteiger partial charge in [0.1, 0.15) is 6.10 Å². The normalized spacial score (nSPS) is 13.4. The summed E-state index contributed by atoms with van der Waals surface area (Å²) in [6, 6.07) is 0. The number of unbranched alkanes of at least 4 members (excludes halogenated alkanes) is 13. The zero-order chi connectivity index (χ0) is 18.0. The van der Waals surface area contributed by atoms with Gasteiger partial charge in [0.15, 0.2) is 0 Å². The van der Waals surface area contributed by atoms with Crippen molar-refractivity contribution in [2.45, 2.75) is 109 Å². The molecule has 0 rings (SSSR count). The molecule has 0 spiro atoms. The topological polar surface area (TPSA) is 57.5 Å². The standard InChI is InChI=1S/C21H38O3/c1-3-5-6-7-8-9-10-11-12-13-14-15-16-17-18-19(21(23)24)20(22)4-2/h2,19-20,22H,3,5-18H2,1H3,(H,23,24)/t19-,20-/m1/s1. The zero-order valence-electron chi connectivity index (χ0n) is 15.6. The lowest BCUT2D eigenvalue weighted by atomic mass is 9.95. The summed E-state index contributed by atoms with van der Waals surface area (Å²) in [5, 5.41) is 18.5. The maximum absolute atomic E-state index is 11.0. The maximum Gasteiger partial charge on any atom is 0.310 e. The van der Waals surface area contributed by atoms with Gasteiger partial charge in [0.2, 0.25) is 0 Å². The Morgan fingerprint density at radius 1 is 0.833 bits per heavy atom. The molecular formula is C21H38O3. The van der Waals surface area contributed by atoms with Crippen molar-refractivity contribution in [2.24, 2.45) is 5.92 Å². The predicted molar refractivity (Wildman–Crippen MR) is 101 cm³/mol. The number of hydrogen-bond acceptors (Lipinski definition) is 2. The molecule has 0 amide bonds. The van der Waals surface area contributed by atoms with E-state index in [0.717, 1.165) is 19.3 Å². The van der Waals surface area contributed by atoms with Gasteiger partial charge in [-0.05, 0) is 6.42 Å². The Kier molecular flexibility index (Phi) is 16.1. The van der Waals surface area contributed by atoms with E-state index in [4.69, 9.17) is 11.5 Å². The number of hydrogen-bond donors (Lipinski definition) is 2. The number of aliphatic carboxylic acids is 1. The number of aliphatic hydroxyl groups is 1. The first-order valence-electron chi connectivity index (χ1n) is 10.0. The molecular weight excluding hydrogens is 300 g/mol. The Bertz CT molecular complexity index is 332. The third-order valence-corrected chi connectivity index (χ3v) is 4.74. The fourth-order valence-electron chi connectivity index (χ4n) is 3.09. The summed E-state index contributed by atoms with van der Waals surface area (Å²) in [5.74, 6) is 0.317. The fourth-order valence-corrected chi connectivity index (χ4v) is 3.09. The second-order valence-electron chi connectivity index (χ2n) is 6.94. The van der Waals surface area contributed by atoms with Crippen LogP contribution < -0.4 is 0 Å². The van der Waals surface area contributed by atoms with Gasteiger partial charge in [-0.1, -0.05) is 103 Å². The number of aliphatic hydroxyl groups excluding tert-OH is 1. The van der Waals surface area contributed by atoms with E-state index in [1.54, 1.807) is 0 Å². The highest BCUT2D eigenvalue weighted by atomic mass is 16.4. The minimum Gasteiger partial charge on any atom is -0.481 e. The summed E-state index contributed by atoms with van der Waals surface area (Å²) in [6.07, 6.45) is 22.3. The van der Waals surface area contributed by atoms with E-state index in [2.05, 4.69) is 12.8 Å². The van der Waals surface area contributed by atoms with Crippen LogP contribution in [0.1, 0.15) is 103 Å². The molecule has 0 aliphatic heterocycles. The minimum absolute atomic E-state index is 0.471. The number of carbonyl (C=O) groups is 1. The summed E-state index contributed by atoms with van der Waals surface area (Å²) in [4.78, 5) is 11.0. The quantitative estimate of drug-likeness (QED) is 0.270. The Morgan fingerprint density at radius 3 is 1.54 bits per heavy atom. The molecule has 0 saturated carbocycles. The molecule has 24 heavy (non-hydrogen) atoms. The lowest BCUT2D eigenvalue weighted by Crippen LogP contribution is -2.26. The Morgan fingerprint density at radius 2 is 1.21 bits per heavy atom. The molecule has 0 heterocycles. The van der Waals surface area contributed by atoms with Crippen LogP contribution in [0.25, 0.3) is 0 Å². The van der Waals surface area contributed by atoms with Gasteiger partial charge >= 0.3 is 5.97 Å². The van der Waals surface area contributed by atoms with Crippen LogP contribution in [0.4, 0.5) is 0 Å². The zero-order valence-corrected chi connectivity index (χ0v) is 15.6. The number of terminal acetylenes is 1. The number of carboxylic acid groups (broad SMARTS) is 1. The Balaban J connectivity index is 3.33. The minimum atomic E-state index is -1.16. The van der Waals surface area contributed by atoms with Gasteiger partial charge in [0.25, 0.3) is 0 Å². The van der Waals surface area contributed by atoms with Gasteiger partial charge in [0, 0.05) is 0 Å². The van der Waals surface area contributed by atoms with Crippen LogP contribution in [0.15, 0.2) is 0 Å². The molecule has 0 bridgehead atoms. The van der Waals surface area contributed by atoms with Crippen LogP contribution in [0.5, 0.6) is 0 Å². The summed E-state index contributed by atoms with van der Waals surface area (Å²) in [6.45, 7) is 2.26. The van der Waals surface area contributed by atoms with E-state index in [-0.39, 0.29) is 0 Å². The third-order valence-electron chi connectivity index (χ3n) is 4.74. The molecule has 2 N–H and O–H groups in total. The molecule has 0 radical (unpaired) electrons. The number of rotatable bonds is 17. The first-order chi connectivity index (χ1) is 11.6. The molecule has 140 valence electrons. The molecule has 0 saturated heterocycles. The van der Waals surface area contributed by atoms with Gasteiger partial charge < -0.3 is 10.2 Å². The first-order valence-corrected chi connectivity index (χ1v) is 10.0. The molecule has 0 aliphatic carbocycles. The molecule has 0 aliphatic rings. The number of carboxylic acids is 1. The van der Waals surface area contributed by atoms with Crippen molar-refractivity contribution in [3.63, 3.8) is 0 Å². The van der Waals surface area contributed by atoms with E-state index in [1.165, 1.54) is 70.6 Å². The van der Waals surface area contributed by atoms with Gasteiger partial charge in [-0.2, -0.15) is 0 Å². The molecule has 2 atom stereocenters. The lowest BCUT2D eigenvalue weighted by molar-refractivity contribution is -0.144. The monoisotopic (exact) mass is 338 g/mol. The Labute approximate surface area is 149 Å². The molecule has 0 unspecified atom stereocenters. The van der Waals surface area contributed by atoms with Crippen LogP contribution in [-0.4, -0.2) is 22.3 Å². The maximum atomic E-state index is 11.0. The van der Waals surface area contributed by atoms with Crippen LogP contribution >= 0.6 is 0 Å². The largest absolute Gasteiger partial charge is 0.481 e. The van der Waals surface area contributed by atoms with E-state index in [1.807, 2.05) is 0 Å². The second kappa shape index (κ2) is 16.8. The van der Waals surface area contributed by atoms with E-state index in [0.29, 0.717) is 6.42 Å². The Hall–Kier alpha value is -1.01. The van der Waals surface area contributed by atoms with E-state index in [9.17, 15) is 9.90 Å². The average molecular weight is 339 g/mol. The van der Waals surface area contributed by atoms with Crippen molar-refractivity contribution in [2.75, 3.05) is 0 Å². The van der Waals surface area contributed by atoms with Crippen LogP contribution in [0.3, 0.4) is 0 Å². The van der Waals surface area contributed by atoms with Gasteiger partial charge in [0.05, 0.1) is 5.92 Å². The van der Waals surface area contributed by atoms with E-state index >= 15 is 0 Å². The highest BCUT2D eigenvalue weighted by molar-refractivity contribution is 5.71. The van der Waals surface area contributed by atoms with Crippen molar-refractivity contribution in [3.05, 3.63) is 0 Å². The second-order valence-corrected chi connectivity index (χ2v) is 6.94. The predicted octanol–water partition coefficient (Wildman–Crippen LogP) is 5.55. The van der Waals surface area contributed by atoms with E-state index < -0.39 is 18.0 Å². The highest BCUT2D eigenvalue weighted by Gasteiger charge is 2.24. The molecule has 3 nitrogen and oxygen atoms in total. The summed E-state index contributed by atoms with van der Waals surface area (Å²) in [7, 11) is 0. The van der Waals surface area contributed by atoms with Crippen molar-refractivity contribution < 1.29 is 15.0 Å². The highest BCUT2D eigenvalue weighted by Crippen LogP contribution is 2.17. The van der Waals surface area contributed by atoms with Crippen LogP contribution in [0.2, 0.25) is 0 Å². The molecule has 0 fully saturated rings. The molecule has 3 heteroatoms. The SMILES string of the molecule is C#C[C@@H](O)[C@@H](CCCCCCCCCCCCCCCC)C(=O)O. The van der Waals surface area contributed by atoms with Crippen LogP contribution in [-0.2, 0) is 4.79 Å². The van der Waals surface area contributed by atoms with Crippen molar-refractivity contribution in [1.82, 2.24) is 0 Å². The molecule has 0 aromatic heterocycles. The summed E-state index contributed by atoms with van der Waals surface area (Å²) < 4.78 is 0.